The fourth-order valence-corrected chi connectivity index (χ4v) is 1.27. The van der Waals surface area contributed by atoms with Gasteiger partial charge in [0.2, 0.25) is 5.91 Å². The summed E-state index contributed by atoms with van der Waals surface area (Å²) in [4.78, 5) is 11.6. The van der Waals surface area contributed by atoms with Crippen molar-refractivity contribution in [1.82, 2.24) is 5.32 Å². The Hall–Kier alpha value is -1.35. The molecule has 1 aliphatic carbocycles. The summed E-state index contributed by atoms with van der Waals surface area (Å²) in [6.45, 7) is 6.24. The minimum absolute atomic E-state index is 0.0576. The van der Waals surface area contributed by atoms with E-state index in [1.54, 1.807) is 7.11 Å². The van der Waals surface area contributed by atoms with Crippen LogP contribution in [0.25, 0.3) is 0 Å². The Morgan fingerprint density at radius 1 is 1.29 bits per heavy atom. The molecule has 0 bridgehead atoms. The van der Waals surface area contributed by atoms with Gasteiger partial charge in [0.15, 0.2) is 0 Å². The van der Waals surface area contributed by atoms with Gasteiger partial charge in [-0.3, -0.25) is 4.79 Å². The third-order valence-electron chi connectivity index (χ3n) is 2.40. The van der Waals surface area contributed by atoms with Gasteiger partial charge in [-0.05, 0) is 17.7 Å². The SMILES string of the molecule is CO[C]1C=CC(=CCNC(=O)C(C)(C)C)C=C1. The first-order valence-electron chi connectivity index (χ1n) is 5.69. The van der Waals surface area contributed by atoms with Crippen LogP contribution in [0.4, 0.5) is 0 Å². The molecule has 0 aromatic rings. The van der Waals surface area contributed by atoms with Crippen molar-refractivity contribution >= 4 is 5.91 Å². The molecule has 0 saturated carbocycles. The average molecular weight is 234 g/mol. The molecule has 0 unspecified atom stereocenters. The number of hydrogen-bond donors (Lipinski definition) is 1. The number of carbonyl (C=O) groups excluding carboxylic acids is 1. The number of allylic oxidation sites excluding steroid dienone is 3. The van der Waals surface area contributed by atoms with Crippen molar-refractivity contribution in [3.63, 3.8) is 0 Å². The van der Waals surface area contributed by atoms with E-state index in [0.29, 0.717) is 6.54 Å². The third kappa shape index (κ3) is 4.57. The predicted octanol–water partition coefficient (Wildman–Crippen LogP) is 2.38. The van der Waals surface area contributed by atoms with Gasteiger partial charge < -0.3 is 10.1 Å². The summed E-state index contributed by atoms with van der Waals surface area (Å²) < 4.78 is 5.07. The molecule has 0 saturated heterocycles. The van der Waals surface area contributed by atoms with E-state index in [9.17, 15) is 4.79 Å². The molecule has 1 amide bonds. The molecule has 0 spiro atoms. The summed E-state index contributed by atoms with van der Waals surface area (Å²) in [5, 5.41) is 2.87. The molecular formula is C14H20NO2. The number of amides is 1. The third-order valence-corrected chi connectivity index (χ3v) is 2.40. The van der Waals surface area contributed by atoms with Gasteiger partial charge in [0.25, 0.3) is 0 Å². The lowest BCUT2D eigenvalue weighted by Crippen LogP contribution is -2.34. The first-order chi connectivity index (χ1) is 7.93. The highest BCUT2D eigenvalue weighted by atomic mass is 16.5. The molecule has 0 fully saturated rings. The van der Waals surface area contributed by atoms with Gasteiger partial charge in [-0.1, -0.05) is 39.0 Å². The predicted molar refractivity (Wildman–Crippen MR) is 69.1 cm³/mol. The van der Waals surface area contributed by atoms with Crippen molar-refractivity contribution in [3.8, 4) is 0 Å². The Morgan fingerprint density at radius 2 is 1.88 bits per heavy atom. The standard InChI is InChI=1S/C14H20NO2/c1-14(2,3)13(16)15-10-9-11-5-7-12(17-4)8-6-11/h5-9H,10H2,1-4H3,(H,15,16). The summed E-state index contributed by atoms with van der Waals surface area (Å²) in [7, 11) is 1.64. The van der Waals surface area contributed by atoms with E-state index >= 15 is 0 Å². The largest absolute Gasteiger partial charge is 0.366 e. The molecule has 0 aliphatic heterocycles. The number of carbonyl (C=O) groups is 1. The minimum Gasteiger partial charge on any atom is -0.366 e. The summed E-state index contributed by atoms with van der Waals surface area (Å²) >= 11 is 0. The number of nitrogens with one attached hydrogen (secondary N) is 1. The van der Waals surface area contributed by atoms with Crippen LogP contribution in [0.5, 0.6) is 0 Å². The maximum Gasteiger partial charge on any atom is 0.225 e. The lowest BCUT2D eigenvalue weighted by atomic mass is 9.96. The molecule has 1 aliphatic rings. The molecule has 93 valence electrons. The van der Waals surface area contributed by atoms with Crippen LogP contribution in [0.3, 0.4) is 0 Å². The molecule has 1 rings (SSSR count). The van der Waals surface area contributed by atoms with Crippen molar-refractivity contribution in [2.45, 2.75) is 20.8 Å². The molecule has 1 N–H and O–H groups in total. The van der Waals surface area contributed by atoms with Crippen LogP contribution < -0.4 is 5.32 Å². The highest BCUT2D eigenvalue weighted by Gasteiger charge is 2.19. The average Bonchev–Trinajstić information content (AvgIpc) is 2.28. The van der Waals surface area contributed by atoms with E-state index in [1.165, 1.54) is 0 Å². The number of ether oxygens (including phenoxy) is 1. The molecule has 3 nitrogen and oxygen atoms in total. The smallest absolute Gasteiger partial charge is 0.225 e. The summed E-state index contributed by atoms with van der Waals surface area (Å²) in [6, 6.07) is 0. The molecule has 1 radical (unpaired) electrons. The van der Waals surface area contributed by atoms with Gasteiger partial charge in [-0.25, -0.2) is 0 Å². The van der Waals surface area contributed by atoms with Crippen LogP contribution in [0.15, 0.2) is 36.0 Å². The lowest BCUT2D eigenvalue weighted by molar-refractivity contribution is -0.128. The van der Waals surface area contributed by atoms with Crippen LogP contribution in [0, 0.1) is 11.5 Å². The maximum absolute atomic E-state index is 11.6. The second kappa shape index (κ2) is 5.82. The van der Waals surface area contributed by atoms with Gasteiger partial charge in [-0.15, -0.1) is 0 Å². The molecule has 0 atom stereocenters. The van der Waals surface area contributed by atoms with Crippen LogP contribution in [0.1, 0.15) is 20.8 Å². The van der Waals surface area contributed by atoms with E-state index in [4.69, 9.17) is 4.74 Å². The van der Waals surface area contributed by atoms with Crippen LogP contribution in [-0.4, -0.2) is 19.6 Å². The maximum atomic E-state index is 11.6. The highest BCUT2D eigenvalue weighted by Crippen LogP contribution is 2.16. The van der Waals surface area contributed by atoms with E-state index in [0.717, 1.165) is 11.7 Å². The Balaban J connectivity index is 2.42. The van der Waals surface area contributed by atoms with Crippen LogP contribution >= 0.6 is 0 Å². The first kappa shape index (κ1) is 13.7. The number of methoxy groups -OCH3 is 1. The normalized spacial score (nSPS) is 16.1. The Labute approximate surface area is 103 Å². The van der Waals surface area contributed by atoms with Crippen LogP contribution in [0.2, 0.25) is 0 Å². The summed E-state index contributed by atoms with van der Waals surface area (Å²) in [6.07, 6.45) is 10.5. The Bertz CT molecular complexity index is 343. The quantitative estimate of drug-likeness (QED) is 0.814. The zero-order valence-corrected chi connectivity index (χ0v) is 10.9. The fourth-order valence-electron chi connectivity index (χ4n) is 1.27. The molecule has 0 aromatic heterocycles. The van der Waals surface area contributed by atoms with E-state index in [2.05, 4.69) is 5.32 Å². The second-order valence-electron chi connectivity index (χ2n) is 4.94. The molecule has 3 heteroatoms. The number of hydrogen-bond acceptors (Lipinski definition) is 2. The fraction of sp³-hybridized carbons (Fsp3) is 0.429. The van der Waals surface area contributed by atoms with E-state index < -0.39 is 0 Å². The van der Waals surface area contributed by atoms with Gasteiger partial charge in [0, 0.05) is 19.1 Å². The van der Waals surface area contributed by atoms with Crippen molar-refractivity contribution in [2.24, 2.45) is 5.41 Å². The van der Waals surface area contributed by atoms with E-state index in [1.807, 2.05) is 51.2 Å². The first-order valence-corrected chi connectivity index (χ1v) is 5.69. The summed E-state index contributed by atoms with van der Waals surface area (Å²) in [5.74, 6) is 0.0576. The van der Waals surface area contributed by atoms with Gasteiger partial charge in [0.05, 0.1) is 0 Å². The minimum atomic E-state index is -0.340. The van der Waals surface area contributed by atoms with Crippen molar-refractivity contribution < 1.29 is 9.53 Å². The summed E-state index contributed by atoms with van der Waals surface area (Å²) in [5.41, 5.74) is 0.730. The monoisotopic (exact) mass is 234 g/mol. The topological polar surface area (TPSA) is 38.3 Å². The van der Waals surface area contributed by atoms with Crippen LogP contribution in [-0.2, 0) is 9.53 Å². The highest BCUT2D eigenvalue weighted by molar-refractivity contribution is 5.81. The Kier molecular flexibility index (Phi) is 4.70. The molecule has 0 heterocycles. The van der Waals surface area contributed by atoms with E-state index in [-0.39, 0.29) is 11.3 Å². The lowest BCUT2D eigenvalue weighted by Gasteiger charge is -2.17. The van der Waals surface area contributed by atoms with Gasteiger partial charge in [0.1, 0.15) is 6.10 Å². The van der Waals surface area contributed by atoms with Crippen molar-refractivity contribution in [3.05, 3.63) is 42.1 Å². The van der Waals surface area contributed by atoms with Gasteiger partial charge >= 0.3 is 0 Å². The Morgan fingerprint density at radius 3 is 2.35 bits per heavy atom. The molecular weight excluding hydrogens is 214 g/mol. The number of rotatable bonds is 3. The van der Waals surface area contributed by atoms with Crippen molar-refractivity contribution in [2.75, 3.05) is 13.7 Å². The zero-order chi connectivity index (χ0) is 12.9. The van der Waals surface area contributed by atoms with Crippen molar-refractivity contribution in [1.29, 1.82) is 0 Å². The second-order valence-corrected chi connectivity index (χ2v) is 4.94. The zero-order valence-electron chi connectivity index (χ0n) is 10.9. The molecule has 17 heavy (non-hydrogen) atoms. The van der Waals surface area contributed by atoms with Gasteiger partial charge in [-0.2, -0.15) is 0 Å². The molecule has 0 aromatic carbocycles.